The molecule has 3 atom stereocenters. The van der Waals surface area contributed by atoms with Gasteiger partial charge in [0.2, 0.25) is 0 Å². The Labute approximate surface area is 86.8 Å². The number of fused-ring (bicyclic) bond motifs is 2. The third kappa shape index (κ3) is 1.35. The second-order valence-corrected chi connectivity index (χ2v) is 5.19. The van der Waals surface area contributed by atoms with E-state index in [2.05, 4.69) is 39.5 Å². The van der Waals surface area contributed by atoms with Crippen LogP contribution in [0.4, 0.5) is 0 Å². The van der Waals surface area contributed by atoms with Gasteiger partial charge in [-0.05, 0) is 30.8 Å². The van der Waals surface area contributed by atoms with Gasteiger partial charge in [-0.1, -0.05) is 32.6 Å². The molecule has 2 aliphatic rings. The number of hydrogen-bond donors (Lipinski definition) is 0. The van der Waals surface area contributed by atoms with Crippen LogP contribution in [0, 0.1) is 11.3 Å². The van der Waals surface area contributed by atoms with Crippen LogP contribution in [0.3, 0.4) is 0 Å². The van der Waals surface area contributed by atoms with Crippen LogP contribution < -0.4 is 0 Å². The predicted molar refractivity (Wildman–Crippen MR) is 59.1 cm³/mol. The van der Waals surface area contributed by atoms with Crippen molar-refractivity contribution in [1.29, 1.82) is 0 Å². The Morgan fingerprint density at radius 2 is 2.21 bits per heavy atom. The van der Waals surface area contributed by atoms with Gasteiger partial charge in [0.05, 0.1) is 12.2 Å². The van der Waals surface area contributed by atoms with Gasteiger partial charge in [-0.2, -0.15) is 0 Å². The van der Waals surface area contributed by atoms with Gasteiger partial charge in [-0.3, -0.25) is 0 Å². The summed E-state index contributed by atoms with van der Waals surface area (Å²) in [5, 5.41) is 0. The van der Waals surface area contributed by atoms with E-state index in [1.54, 1.807) is 0 Å². The number of rotatable bonds is 1. The highest BCUT2D eigenvalue weighted by atomic mass is 16.5. The van der Waals surface area contributed by atoms with Crippen molar-refractivity contribution in [2.75, 3.05) is 0 Å². The first-order valence-corrected chi connectivity index (χ1v) is 5.53. The zero-order chi connectivity index (χ0) is 10.3. The molecule has 1 aliphatic carbocycles. The van der Waals surface area contributed by atoms with Gasteiger partial charge in [0, 0.05) is 5.92 Å². The molecule has 2 bridgehead atoms. The zero-order valence-corrected chi connectivity index (χ0v) is 9.42. The molecule has 0 amide bonds. The van der Waals surface area contributed by atoms with E-state index in [0.717, 1.165) is 6.42 Å². The van der Waals surface area contributed by atoms with Crippen molar-refractivity contribution >= 4 is 0 Å². The lowest BCUT2D eigenvalue weighted by Crippen LogP contribution is -2.33. The molecule has 14 heavy (non-hydrogen) atoms. The summed E-state index contributed by atoms with van der Waals surface area (Å²) in [7, 11) is 0. The minimum atomic E-state index is 0.273. The molecule has 3 unspecified atom stereocenters. The Morgan fingerprint density at radius 3 is 2.86 bits per heavy atom. The average molecular weight is 192 g/mol. The fraction of sp³-hybridized carbons (Fsp3) is 0.692. The van der Waals surface area contributed by atoms with E-state index in [9.17, 15) is 0 Å². The molecule has 1 nitrogen and oxygen atoms in total. The van der Waals surface area contributed by atoms with Crippen molar-refractivity contribution in [3.63, 3.8) is 0 Å². The van der Waals surface area contributed by atoms with Crippen LogP contribution in [0.2, 0.25) is 0 Å². The molecule has 1 heteroatoms. The molecule has 2 fully saturated rings. The van der Waals surface area contributed by atoms with Crippen LogP contribution >= 0.6 is 0 Å². The van der Waals surface area contributed by atoms with Crippen LogP contribution in [0.5, 0.6) is 0 Å². The van der Waals surface area contributed by atoms with Gasteiger partial charge in [-0.15, -0.1) is 0 Å². The summed E-state index contributed by atoms with van der Waals surface area (Å²) < 4.78 is 5.99. The first-order valence-electron chi connectivity index (χ1n) is 5.53. The molecule has 0 spiro atoms. The van der Waals surface area contributed by atoms with Crippen LogP contribution in [0.15, 0.2) is 24.3 Å². The normalized spacial score (nSPS) is 40.8. The highest BCUT2D eigenvalue weighted by Gasteiger charge is 2.49. The molecule has 1 saturated carbocycles. The van der Waals surface area contributed by atoms with Crippen LogP contribution in [-0.2, 0) is 4.74 Å². The topological polar surface area (TPSA) is 9.23 Å². The molecule has 1 heterocycles. The van der Waals surface area contributed by atoms with Crippen molar-refractivity contribution in [2.24, 2.45) is 11.3 Å². The zero-order valence-electron chi connectivity index (χ0n) is 9.42. The first kappa shape index (κ1) is 9.97. The maximum atomic E-state index is 5.99. The van der Waals surface area contributed by atoms with Gasteiger partial charge in [0.15, 0.2) is 0 Å². The van der Waals surface area contributed by atoms with Crippen molar-refractivity contribution in [3.8, 4) is 0 Å². The summed E-state index contributed by atoms with van der Waals surface area (Å²) in [6, 6.07) is 0. The SMILES string of the molecule is C=C1C2CCC(C)(C)C1C(C=CC)O2. The van der Waals surface area contributed by atoms with E-state index in [1.807, 2.05) is 0 Å². The van der Waals surface area contributed by atoms with E-state index in [1.165, 1.54) is 12.0 Å². The standard InChI is InChI=1S/C13H20O/c1-5-6-11-12-9(2)10(14-11)7-8-13(12,3)4/h5-6,10-12H,2,7-8H2,1,3-4H3. The van der Waals surface area contributed by atoms with Crippen molar-refractivity contribution in [3.05, 3.63) is 24.3 Å². The fourth-order valence-corrected chi connectivity index (χ4v) is 2.97. The van der Waals surface area contributed by atoms with Crippen LogP contribution in [-0.4, -0.2) is 12.2 Å². The Balaban J connectivity index is 2.30. The lowest BCUT2D eigenvalue weighted by molar-refractivity contribution is 0.0709. The third-order valence-electron chi connectivity index (χ3n) is 3.74. The molecule has 78 valence electrons. The predicted octanol–water partition coefficient (Wildman–Crippen LogP) is 3.32. The summed E-state index contributed by atoms with van der Waals surface area (Å²) in [5.41, 5.74) is 1.68. The maximum Gasteiger partial charge on any atom is 0.0835 e. The van der Waals surface area contributed by atoms with E-state index >= 15 is 0 Å². The number of ether oxygens (including phenoxy) is 1. The highest BCUT2D eigenvalue weighted by Crippen LogP contribution is 2.51. The second-order valence-electron chi connectivity index (χ2n) is 5.19. The Kier molecular flexibility index (Phi) is 2.30. The molecule has 1 aliphatic heterocycles. The Morgan fingerprint density at radius 1 is 1.50 bits per heavy atom. The van der Waals surface area contributed by atoms with Crippen molar-refractivity contribution in [2.45, 2.75) is 45.8 Å². The second kappa shape index (κ2) is 3.23. The van der Waals surface area contributed by atoms with E-state index in [0.29, 0.717) is 17.4 Å². The van der Waals surface area contributed by atoms with Gasteiger partial charge >= 0.3 is 0 Å². The highest BCUT2D eigenvalue weighted by molar-refractivity contribution is 5.24. The van der Waals surface area contributed by atoms with Crippen LogP contribution in [0.1, 0.15) is 33.6 Å². The molecule has 2 rings (SSSR count). The largest absolute Gasteiger partial charge is 0.366 e. The summed E-state index contributed by atoms with van der Waals surface area (Å²) in [6.45, 7) is 10.9. The quantitative estimate of drug-likeness (QED) is 0.579. The lowest BCUT2D eigenvalue weighted by atomic mass is 9.65. The summed E-state index contributed by atoms with van der Waals surface area (Å²) >= 11 is 0. The summed E-state index contributed by atoms with van der Waals surface area (Å²) in [6.07, 6.45) is 7.29. The van der Waals surface area contributed by atoms with E-state index in [-0.39, 0.29) is 6.10 Å². The third-order valence-corrected chi connectivity index (χ3v) is 3.74. The molecular formula is C13H20O. The van der Waals surface area contributed by atoms with Gasteiger partial charge in [-0.25, -0.2) is 0 Å². The minimum Gasteiger partial charge on any atom is -0.366 e. The van der Waals surface area contributed by atoms with E-state index in [4.69, 9.17) is 4.74 Å². The van der Waals surface area contributed by atoms with Gasteiger partial charge < -0.3 is 4.74 Å². The van der Waals surface area contributed by atoms with Crippen molar-refractivity contribution in [1.82, 2.24) is 0 Å². The fourth-order valence-electron chi connectivity index (χ4n) is 2.97. The minimum absolute atomic E-state index is 0.273. The monoisotopic (exact) mass is 192 g/mol. The molecule has 0 radical (unpaired) electrons. The lowest BCUT2D eigenvalue weighted by Gasteiger charge is -2.37. The van der Waals surface area contributed by atoms with Gasteiger partial charge in [0.25, 0.3) is 0 Å². The molecule has 0 N–H and O–H groups in total. The number of hydrogen-bond acceptors (Lipinski definition) is 1. The molecule has 1 saturated heterocycles. The van der Waals surface area contributed by atoms with Crippen molar-refractivity contribution < 1.29 is 4.74 Å². The first-order chi connectivity index (χ1) is 6.56. The average Bonchev–Trinajstić information content (AvgIpc) is 2.32. The molecular weight excluding hydrogens is 172 g/mol. The smallest absolute Gasteiger partial charge is 0.0835 e. The van der Waals surface area contributed by atoms with Crippen LogP contribution in [0.25, 0.3) is 0 Å². The Bertz CT molecular complexity index is 275. The molecule has 0 aromatic rings. The number of allylic oxidation sites excluding steroid dienone is 1. The molecule has 0 aromatic carbocycles. The summed E-state index contributed by atoms with van der Waals surface area (Å²) in [4.78, 5) is 0. The summed E-state index contributed by atoms with van der Waals surface area (Å²) in [5.74, 6) is 0.525. The maximum absolute atomic E-state index is 5.99. The molecule has 0 aromatic heterocycles. The Hall–Kier alpha value is -0.560. The van der Waals surface area contributed by atoms with E-state index < -0.39 is 0 Å². The van der Waals surface area contributed by atoms with Gasteiger partial charge in [0.1, 0.15) is 0 Å².